The molecule has 1 amide bonds. The van der Waals surface area contributed by atoms with Crippen molar-refractivity contribution < 1.29 is 14.3 Å². The van der Waals surface area contributed by atoms with Crippen molar-refractivity contribution in [3.05, 3.63) is 83.2 Å². The van der Waals surface area contributed by atoms with Crippen molar-refractivity contribution >= 4 is 35.0 Å². The van der Waals surface area contributed by atoms with E-state index >= 15 is 0 Å². The fraction of sp³-hybridized carbons (Fsp3) is 0.286. The average molecular weight is 490 g/mol. The summed E-state index contributed by atoms with van der Waals surface area (Å²) in [6.07, 6.45) is 4.33. The second kappa shape index (κ2) is 12.4. The van der Waals surface area contributed by atoms with E-state index in [-0.39, 0.29) is 12.5 Å². The lowest BCUT2D eigenvalue weighted by atomic mass is 10.2. The zero-order chi connectivity index (χ0) is 24.5. The van der Waals surface area contributed by atoms with Gasteiger partial charge in [0, 0.05) is 37.6 Å². The van der Waals surface area contributed by atoms with Crippen LogP contribution in [-0.2, 0) is 9.53 Å². The third-order valence-electron chi connectivity index (χ3n) is 5.83. The Morgan fingerprint density at radius 3 is 2.31 bits per heavy atom. The van der Waals surface area contributed by atoms with E-state index in [1.54, 1.807) is 6.92 Å². The highest BCUT2D eigenvalue weighted by Crippen LogP contribution is 2.35. The van der Waals surface area contributed by atoms with Crippen LogP contribution < -0.4 is 5.32 Å². The lowest BCUT2D eigenvalue weighted by molar-refractivity contribution is -0.117. The molecule has 1 fully saturated rings. The molecule has 0 unspecified atom stereocenters. The molecule has 1 N–H and O–H groups in total. The van der Waals surface area contributed by atoms with Crippen LogP contribution in [0.25, 0.3) is 16.5 Å². The molecule has 2 aromatic carbocycles. The fourth-order valence-corrected chi connectivity index (χ4v) is 5.01. The molecule has 7 heteroatoms. The monoisotopic (exact) mass is 489 g/mol. The molecule has 1 saturated heterocycles. The summed E-state index contributed by atoms with van der Waals surface area (Å²) in [5.41, 5.74) is 2.72. The van der Waals surface area contributed by atoms with Crippen molar-refractivity contribution in [3.63, 3.8) is 0 Å². The van der Waals surface area contributed by atoms with Crippen LogP contribution >= 0.6 is 11.3 Å². The highest BCUT2D eigenvalue weighted by Gasteiger charge is 2.22. The number of piperazine rings is 1. The summed E-state index contributed by atoms with van der Waals surface area (Å²) in [4.78, 5) is 31.2. The molecule has 1 aliphatic heterocycles. The van der Waals surface area contributed by atoms with Gasteiger partial charge in [0.15, 0.2) is 0 Å². The van der Waals surface area contributed by atoms with E-state index in [9.17, 15) is 9.59 Å². The molecule has 1 aliphatic rings. The molecule has 1 aromatic heterocycles. The Balaban J connectivity index is 1.31. The SMILES string of the molecule is CCOC(=O)c1sc(-c2ccccc2)cc1NC(=O)CN1CCN(C/C=C/c2ccccc2)CC1. The number of carbonyl (C=O) groups is 2. The van der Waals surface area contributed by atoms with Gasteiger partial charge in [-0.25, -0.2) is 4.79 Å². The summed E-state index contributed by atoms with van der Waals surface area (Å²) in [6.45, 7) is 6.75. The number of esters is 1. The summed E-state index contributed by atoms with van der Waals surface area (Å²) in [7, 11) is 0. The number of hydrogen-bond acceptors (Lipinski definition) is 6. The Morgan fingerprint density at radius 2 is 1.63 bits per heavy atom. The molecule has 2 heterocycles. The van der Waals surface area contributed by atoms with Crippen LogP contribution in [0.5, 0.6) is 0 Å². The van der Waals surface area contributed by atoms with E-state index in [1.807, 2.05) is 54.6 Å². The van der Waals surface area contributed by atoms with Crippen molar-refractivity contribution in [2.75, 3.05) is 51.2 Å². The number of ether oxygens (including phenoxy) is 1. The van der Waals surface area contributed by atoms with Crippen LogP contribution in [0.1, 0.15) is 22.2 Å². The van der Waals surface area contributed by atoms with Gasteiger partial charge in [-0.05, 0) is 24.1 Å². The van der Waals surface area contributed by atoms with Gasteiger partial charge in [0.05, 0.1) is 18.8 Å². The summed E-state index contributed by atoms with van der Waals surface area (Å²) in [5.74, 6) is -0.530. The highest BCUT2D eigenvalue weighted by molar-refractivity contribution is 7.18. The van der Waals surface area contributed by atoms with E-state index < -0.39 is 5.97 Å². The molecular weight excluding hydrogens is 458 g/mol. The molecule has 3 aromatic rings. The topological polar surface area (TPSA) is 61.9 Å². The smallest absolute Gasteiger partial charge is 0.350 e. The van der Waals surface area contributed by atoms with E-state index in [2.05, 4.69) is 39.4 Å². The predicted molar refractivity (Wildman–Crippen MR) is 143 cm³/mol. The summed E-state index contributed by atoms with van der Waals surface area (Å²) >= 11 is 1.34. The summed E-state index contributed by atoms with van der Waals surface area (Å²) < 4.78 is 5.22. The fourth-order valence-electron chi connectivity index (χ4n) is 4.00. The van der Waals surface area contributed by atoms with Crippen LogP contribution in [0.3, 0.4) is 0 Å². The molecule has 0 atom stereocenters. The molecule has 0 aliphatic carbocycles. The third-order valence-corrected chi connectivity index (χ3v) is 7.00. The zero-order valence-corrected chi connectivity index (χ0v) is 20.8. The first-order valence-corrected chi connectivity index (χ1v) is 12.8. The Kier molecular flexibility index (Phi) is 8.84. The van der Waals surface area contributed by atoms with Crippen LogP contribution in [0.4, 0.5) is 5.69 Å². The Labute approximate surface area is 210 Å². The largest absolute Gasteiger partial charge is 0.462 e. The van der Waals surface area contributed by atoms with Crippen LogP contribution in [0, 0.1) is 0 Å². The normalized spacial score (nSPS) is 14.8. The van der Waals surface area contributed by atoms with Gasteiger partial charge >= 0.3 is 5.97 Å². The van der Waals surface area contributed by atoms with E-state index in [4.69, 9.17) is 4.74 Å². The van der Waals surface area contributed by atoms with Gasteiger partial charge in [0.1, 0.15) is 4.88 Å². The Morgan fingerprint density at radius 1 is 0.971 bits per heavy atom. The first-order chi connectivity index (χ1) is 17.1. The first-order valence-electron chi connectivity index (χ1n) is 11.9. The maximum absolute atomic E-state index is 12.8. The van der Waals surface area contributed by atoms with Crippen molar-refractivity contribution in [2.24, 2.45) is 0 Å². The van der Waals surface area contributed by atoms with E-state index in [0.29, 0.717) is 17.1 Å². The second-order valence-corrected chi connectivity index (χ2v) is 9.43. The molecule has 6 nitrogen and oxygen atoms in total. The van der Waals surface area contributed by atoms with Crippen LogP contribution in [0.15, 0.2) is 72.8 Å². The standard InChI is InChI=1S/C28H31N3O3S/c1-2-34-28(33)27-24(20-25(35-27)23-13-7-4-8-14-23)29-26(32)21-31-18-16-30(17-19-31)15-9-12-22-10-5-3-6-11-22/h3-14,20H,2,15-19,21H2,1H3,(H,29,32)/b12-9+. The molecule has 0 radical (unpaired) electrons. The molecule has 4 rings (SSSR count). The summed E-state index contributed by atoms with van der Waals surface area (Å²) in [5, 5.41) is 2.96. The quantitative estimate of drug-likeness (QED) is 0.435. The van der Waals surface area contributed by atoms with Gasteiger partial charge in [-0.1, -0.05) is 72.8 Å². The molecule has 0 saturated carbocycles. The molecule has 0 spiro atoms. The van der Waals surface area contributed by atoms with Gasteiger partial charge in [0.2, 0.25) is 5.91 Å². The third kappa shape index (κ3) is 7.11. The maximum Gasteiger partial charge on any atom is 0.350 e. The van der Waals surface area contributed by atoms with Gasteiger partial charge in [-0.15, -0.1) is 11.3 Å². The predicted octanol–water partition coefficient (Wildman–Crippen LogP) is 4.86. The number of carbonyl (C=O) groups excluding carboxylic acids is 2. The minimum atomic E-state index is -0.410. The number of anilines is 1. The Hall–Kier alpha value is -3.26. The number of rotatable bonds is 9. The number of nitrogens with one attached hydrogen (secondary N) is 1. The average Bonchev–Trinajstić information content (AvgIpc) is 3.30. The lowest BCUT2D eigenvalue weighted by Crippen LogP contribution is -2.48. The molecule has 0 bridgehead atoms. The summed E-state index contributed by atoms with van der Waals surface area (Å²) in [6, 6.07) is 22.0. The van der Waals surface area contributed by atoms with Gasteiger partial charge in [-0.3, -0.25) is 14.6 Å². The number of thiophene rings is 1. The van der Waals surface area contributed by atoms with Crippen LogP contribution in [0.2, 0.25) is 0 Å². The molecule has 35 heavy (non-hydrogen) atoms. The second-order valence-electron chi connectivity index (χ2n) is 8.38. The number of nitrogens with zero attached hydrogens (tertiary/aromatic N) is 2. The minimum absolute atomic E-state index is 0.120. The van der Waals surface area contributed by atoms with E-state index in [1.165, 1.54) is 16.9 Å². The first kappa shape index (κ1) is 24.9. The number of benzene rings is 2. The van der Waals surface area contributed by atoms with Crippen molar-refractivity contribution in [2.45, 2.75) is 6.92 Å². The maximum atomic E-state index is 12.8. The van der Waals surface area contributed by atoms with Crippen LogP contribution in [-0.4, -0.2) is 67.6 Å². The lowest BCUT2D eigenvalue weighted by Gasteiger charge is -2.33. The highest BCUT2D eigenvalue weighted by atomic mass is 32.1. The van der Waals surface area contributed by atoms with Gasteiger partial charge in [-0.2, -0.15) is 0 Å². The minimum Gasteiger partial charge on any atom is -0.462 e. The zero-order valence-electron chi connectivity index (χ0n) is 20.0. The number of amides is 1. The van der Waals surface area contributed by atoms with Gasteiger partial charge < -0.3 is 10.1 Å². The molecular formula is C28H31N3O3S. The van der Waals surface area contributed by atoms with Crippen molar-refractivity contribution in [3.8, 4) is 10.4 Å². The number of hydrogen-bond donors (Lipinski definition) is 1. The molecule has 182 valence electrons. The Bertz CT molecular complexity index is 1140. The van der Waals surface area contributed by atoms with Crippen molar-refractivity contribution in [1.82, 2.24) is 9.80 Å². The van der Waals surface area contributed by atoms with Crippen molar-refractivity contribution in [1.29, 1.82) is 0 Å². The van der Waals surface area contributed by atoms with E-state index in [0.717, 1.165) is 43.2 Å². The van der Waals surface area contributed by atoms with Gasteiger partial charge in [0.25, 0.3) is 0 Å².